The SMILES string of the molecule is COC[C@@]1(C(=O)O)CCCN1S(=O)(=O)c1ccc(F)cc1. The monoisotopic (exact) mass is 317 g/mol. The van der Waals surface area contributed by atoms with Crippen LogP contribution in [0.25, 0.3) is 0 Å². The third kappa shape index (κ3) is 2.66. The van der Waals surface area contributed by atoms with E-state index in [1.54, 1.807) is 0 Å². The highest BCUT2D eigenvalue weighted by atomic mass is 32.2. The second-order valence-corrected chi connectivity index (χ2v) is 6.77. The van der Waals surface area contributed by atoms with Gasteiger partial charge in [-0.2, -0.15) is 4.31 Å². The Morgan fingerprint density at radius 1 is 1.43 bits per heavy atom. The number of sulfonamides is 1. The predicted molar refractivity (Wildman–Crippen MR) is 71.8 cm³/mol. The van der Waals surface area contributed by atoms with Crippen LogP contribution >= 0.6 is 0 Å². The molecule has 2 rings (SSSR count). The van der Waals surface area contributed by atoms with E-state index in [4.69, 9.17) is 4.74 Å². The maximum absolute atomic E-state index is 12.9. The molecule has 1 N–H and O–H groups in total. The van der Waals surface area contributed by atoms with Crippen molar-refractivity contribution >= 4 is 16.0 Å². The van der Waals surface area contributed by atoms with Crippen molar-refractivity contribution < 1.29 is 27.4 Å². The van der Waals surface area contributed by atoms with Crippen LogP contribution in [-0.4, -0.2) is 49.6 Å². The first kappa shape index (κ1) is 15.9. The molecule has 1 heterocycles. The Bertz CT molecular complexity index is 630. The maximum Gasteiger partial charge on any atom is 0.327 e. The summed E-state index contributed by atoms with van der Waals surface area (Å²) in [6.45, 7) is -0.141. The molecule has 0 aromatic heterocycles. The van der Waals surface area contributed by atoms with Crippen LogP contribution in [0.4, 0.5) is 4.39 Å². The third-order valence-corrected chi connectivity index (χ3v) is 5.59. The predicted octanol–water partition coefficient (Wildman–Crippen LogP) is 1.08. The molecule has 1 aliphatic rings. The van der Waals surface area contributed by atoms with Crippen LogP contribution in [0.3, 0.4) is 0 Å². The summed E-state index contributed by atoms with van der Waals surface area (Å²) in [6.07, 6.45) is 0.604. The van der Waals surface area contributed by atoms with Crippen LogP contribution in [0.5, 0.6) is 0 Å². The van der Waals surface area contributed by atoms with E-state index < -0.39 is 27.3 Å². The highest BCUT2D eigenvalue weighted by Crippen LogP contribution is 2.35. The minimum Gasteiger partial charge on any atom is -0.480 e. The number of hydrogen-bond acceptors (Lipinski definition) is 4. The van der Waals surface area contributed by atoms with Crippen molar-refractivity contribution in [2.24, 2.45) is 0 Å². The van der Waals surface area contributed by atoms with Crippen molar-refractivity contribution in [2.45, 2.75) is 23.3 Å². The van der Waals surface area contributed by atoms with Gasteiger partial charge in [0.15, 0.2) is 5.54 Å². The zero-order valence-corrected chi connectivity index (χ0v) is 12.3. The zero-order chi connectivity index (χ0) is 15.7. The van der Waals surface area contributed by atoms with E-state index in [1.807, 2.05) is 0 Å². The fourth-order valence-corrected chi connectivity index (χ4v) is 4.38. The molecule has 1 saturated heterocycles. The van der Waals surface area contributed by atoms with Crippen LogP contribution in [0.1, 0.15) is 12.8 Å². The number of methoxy groups -OCH3 is 1. The summed E-state index contributed by atoms with van der Waals surface area (Å²) in [7, 11) is -2.70. The normalized spacial score (nSPS) is 23.3. The molecule has 21 heavy (non-hydrogen) atoms. The molecule has 0 aliphatic carbocycles. The van der Waals surface area contributed by atoms with Gasteiger partial charge in [0.25, 0.3) is 0 Å². The minimum absolute atomic E-state index is 0.0926. The molecule has 0 bridgehead atoms. The van der Waals surface area contributed by atoms with Crippen LogP contribution in [0.15, 0.2) is 29.2 Å². The molecule has 0 spiro atoms. The molecule has 8 heteroatoms. The van der Waals surface area contributed by atoms with Gasteiger partial charge in [-0.05, 0) is 37.1 Å². The first-order valence-corrected chi connectivity index (χ1v) is 7.79. The van der Waals surface area contributed by atoms with Gasteiger partial charge in [0, 0.05) is 13.7 Å². The van der Waals surface area contributed by atoms with Gasteiger partial charge in [-0.15, -0.1) is 0 Å². The lowest BCUT2D eigenvalue weighted by atomic mass is 9.99. The van der Waals surface area contributed by atoms with Gasteiger partial charge < -0.3 is 9.84 Å². The quantitative estimate of drug-likeness (QED) is 0.878. The summed E-state index contributed by atoms with van der Waals surface area (Å²) in [5, 5.41) is 9.47. The Balaban J connectivity index is 2.47. The summed E-state index contributed by atoms with van der Waals surface area (Å²) in [5.41, 5.74) is -1.61. The zero-order valence-electron chi connectivity index (χ0n) is 11.5. The Hall–Kier alpha value is -1.51. The average Bonchev–Trinajstić information content (AvgIpc) is 2.85. The minimum atomic E-state index is -4.02. The molecule has 1 aromatic rings. The molecule has 0 unspecified atom stereocenters. The van der Waals surface area contributed by atoms with Crippen molar-refractivity contribution in [1.29, 1.82) is 0 Å². The molecule has 116 valence electrons. The maximum atomic E-state index is 12.9. The van der Waals surface area contributed by atoms with Crippen LogP contribution in [-0.2, 0) is 19.6 Å². The van der Waals surface area contributed by atoms with E-state index in [0.717, 1.165) is 28.6 Å². The Kier molecular flexibility index (Phi) is 4.31. The lowest BCUT2D eigenvalue weighted by Crippen LogP contribution is -2.55. The first-order valence-electron chi connectivity index (χ1n) is 6.35. The van der Waals surface area contributed by atoms with E-state index >= 15 is 0 Å². The molecule has 1 atom stereocenters. The fourth-order valence-electron chi connectivity index (χ4n) is 2.60. The number of carboxylic acid groups (broad SMARTS) is 1. The number of halogens is 1. The molecular formula is C13H16FNO5S. The van der Waals surface area contributed by atoms with Crippen molar-refractivity contribution in [2.75, 3.05) is 20.3 Å². The van der Waals surface area contributed by atoms with E-state index in [-0.39, 0.29) is 24.5 Å². The summed E-state index contributed by atoms with van der Waals surface area (Å²) in [6, 6.07) is 4.31. The molecular weight excluding hydrogens is 301 g/mol. The Labute approximate surface area is 122 Å². The van der Waals surface area contributed by atoms with E-state index in [2.05, 4.69) is 0 Å². The molecule has 0 saturated carbocycles. The lowest BCUT2D eigenvalue weighted by Gasteiger charge is -2.33. The summed E-state index contributed by atoms with van der Waals surface area (Å²) in [4.78, 5) is 11.5. The first-order chi connectivity index (χ1) is 9.84. The van der Waals surface area contributed by atoms with Gasteiger partial charge in [-0.1, -0.05) is 0 Å². The number of hydrogen-bond donors (Lipinski definition) is 1. The van der Waals surface area contributed by atoms with Gasteiger partial charge in [-0.3, -0.25) is 4.79 Å². The lowest BCUT2D eigenvalue weighted by molar-refractivity contribution is -0.150. The standard InChI is InChI=1S/C13H16FNO5S/c1-20-9-13(12(16)17)7-2-8-15(13)21(18,19)11-5-3-10(14)4-6-11/h3-6H,2,7-9H2,1H3,(H,16,17)/t13-/m1/s1. The molecule has 0 amide bonds. The fraction of sp³-hybridized carbons (Fsp3) is 0.462. The molecule has 0 radical (unpaired) electrons. The average molecular weight is 317 g/mol. The van der Waals surface area contributed by atoms with Gasteiger partial charge >= 0.3 is 5.97 Å². The van der Waals surface area contributed by atoms with E-state index in [0.29, 0.717) is 6.42 Å². The van der Waals surface area contributed by atoms with E-state index in [1.165, 1.54) is 7.11 Å². The summed E-state index contributed by atoms with van der Waals surface area (Å²) >= 11 is 0. The number of aliphatic carboxylic acids is 1. The second kappa shape index (κ2) is 5.70. The number of carboxylic acids is 1. The van der Waals surface area contributed by atoms with Crippen molar-refractivity contribution in [1.82, 2.24) is 4.31 Å². The van der Waals surface area contributed by atoms with Gasteiger partial charge in [0.05, 0.1) is 11.5 Å². The number of benzene rings is 1. The number of rotatable bonds is 5. The smallest absolute Gasteiger partial charge is 0.327 e. The summed E-state index contributed by atoms with van der Waals surface area (Å²) in [5.74, 6) is -1.80. The van der Waals surface area contributed by atoms with Gasteiger partial charge in [0.2, 0.25) is 10.0 Å². The number of ether oxygens (including phenoxy) is 1. The molecule has 1 aromatic carbocycles. The topological polar surface area (TPSA) is 83.9 Å². The van der Waals surface area contributed by atoms with Crippen molar-refractivity contribution in [3.8, 4) is 0 Å². The Morgan fingerprint density at radius 3 is 2.57 bits per heavy atom. The third-order valence-electron chi connectivity index (χ3n) is 3.61. The van der Waals surface area contributed by atoms with Crippen molar-refractivity contribution in [3.63, 3.8) is 0 Å². The molecule has 6 nitrogen and oxygen atoms in total. The van der Waals surface area contributed by atoms with Gasteiger partial charge in [0.1, 0.15) is 5.82 Å². The Morgan fingerprint density at radius 2 is 2.05 bits per heavy atom. The van der Waals surface area contributed by atoms with Crippen LogP contribution in [0.2, 0.25) is 0 Å². The molecule has 1 aliphatic heterocycles. The van der Waals surface area contributed by atoms with Crippen LogP contribution in [0, 0.1) is 5.82 Å². The largest absolute Gasteiger partial charge is 0.480 e. The number of carbonyl (C=O) groups is 1. The number of nitrogens with zero attached hydrogens (tertiary/aromatic N) is 1. The molecule has 1 fully saturated rings. The second-order valence-electron chi connectivity index (χ2n) is 4.90. The van der Waals surface area contributed by atoms with Crippen molar-refractivity contribution in [3.05, 3.63) is 30.1 Å². The van der Waals surface area contributed by atoms with E-state index in [9.17, 15) is 22.7 Å². The van der Waals surface area contributed by atoms with Gasteiger partial charge in [-0.25, -0.2) is 12.8 Å². The highest BCUT2D eigenvalue weighted by molar-refractivity contribution is 7.89. The highest BCUT2D eigenvalue weighted by Gasteiger charge is 2.53. The summed E-state index contributed by atoms with van der Waals surface area (Å²) < 4.78 is 44.0. The van der Waals surface area contributed by atoms with Crippen LogP contribution < -0.4 is 0 Å².